The Labute approximate surface area is 118 Å². The van der Waals surface area contributed by atoms with Gasteiger partial charge in [-0.1, -0.05) is 37.3 Å². The lowest BCUT2D eigenvalue weighted by Crippen LogP contribution is -2.24. The molecule has 3 heteroatoms. The number of hydrogen-bond acceptors (Lipinski definition) is 2. The van der Waals surface area contributed by atoms with E-state index in [2.05, 4.69) is 11.4 Å². The van der Waals surface area contributed by atoms with Crippen LogP contribution in [0.5, 0.6) is 0 Å². The first-order valence-electron chi connectivity index (χ1n) is 6.58. The van der Waals surface area contributed by atoms with Crippen LogP contribution in [0.15, 0.2) is 48.5 Å². The van der Waals surface area contributed by atoms with Gasteiger partial charge in [0, 0.05) is 11.6 Å². The van der Waals surface area contributed by atoms with Crippen molar-refractivity contribution in [3.05, 3.63) is 65.5 Å². The third-order valence-electron chi connectivity index (χ3n) is 3.33. The molecule has 0 saturated heterocycles. The summed E-state index contributed by atoms with van der Waals surface area (Å²) in [6.45, 7) is 3.82. The normalized spacial score (nSPS) is 13.3. The lowest BCUT2D eigenvalue weighted by atomic mass is 9.94. The van der Waals surface area contributed by atoms with Crippen molar-refractivity contribution in [2.45, 2.75) is 25.8 Å². The smallest absolute Gasteiger partial charge is 0.125 e. The highest BCUT2D eigenvalue weighted by Crippen LogP contribution is 2.23. The van der Waals surface area contributed by atoms with E-state index in [9.17, 15) is 9.65 Å². The molecule has 1 N–H and O–H groups in total. The monoisotopic (exact) mass is 268 g/mol. The summed E-state index contributed by atoms with van der Waals surface area (Å²) < 4.78 is 13.4. The second kappa shape index (κ2) is 6.21. The summed E-state index contributed by atoms with van der Waals surface area (Å²) in [7, 11) is 0. The molecule has 0 heterocycles. The van der Waals surface area contributed by atoms with E-state index < -0.39 is 6.04 Å². The van der Waals surface area contributed by atoms with Crippen LogP contribution in [-0.4, -0.2) is 6.04 Å². The van der Waals surface area contributed by atoms with E-state index in [0.717, 1.165) is 11.1 Å². The number of benzene rings is 2. The second-order valence-electron chi connectivity index (χ2n) is 4.97. The van der Waals surface area contributed by atoms with Gasteiger partial charge in [0.1, 0.15) is 11.9 Å². The third-order valence-corrected chi connectivity index (χ3v) is 3.33. The summed E-state index contributed by atoms with van der Waals surface area (Å²) >= 11 is 0. The topological polar surface area (TPSA) is 35.8 Å². The van der Waals surface area contributed by atoms with E-state index in [1.54, 1.807) is 0 Å². The molecular formula is C17H17FN2. The highest BCUT2D eigenvalue weighted by atomic mass is 19.1. The van der Waals surface area contributed by atoms with Gasteiger partial charge in [-0.05, 0) is 36.2 Å². The Kier molecular flexibility index (Phi) is 4.37. The van der Waals surface area contributed by atoms with Gasteiger partial charge in [0.15, 0.2) is 0 Å². The quantitative estimate of drug-likeness (QED) is 0.900. The predicted octanol–water partition coefficient (Wildman–Crippen LogP) is 4.24. The lowest BCUT2D eigenvalue weighted by molar-refractivity contribution is 0.626. The van der Waals surface area contributed by atoms with Gasteiger partial charge in [0.05, 0.1) is 6.07 Å². The van der Waals surface area contributed by atoms with Gasteiger partial charge in [0.25, 0.3) is 0 Å². The van der Waals surface area contributed by atoms with Crippen LogP contribution >= 0.6 is 0 Å². The fourth-order valence-electron chi connectivity index (χ4n) is 2.22. The zero-order valence-electron chi connectivity index (χ0n) is 11.6. The molecule has 2 atom stereocenters. The van der Waals surface area contributed by atoms with Crippen molar-refractivity contribution in [2.75, 3.05) is 5.32 Å². The largest absolute Gasteiger partial charge is 0.369 e. The van der Waals surface area contributed by atoms with E-state index in [0.29, 0.717) is 5.69 Å². The first-order chi connectivity index (χ1) is 9.60. The Morgan fingerprint density at radius 1 is 1.15 bits per heavy atom. The molecule has 2 nitrogen and oxygen atoms in total. The molecule has 0 aliphatic rings. The average molecular weight is 268 g/mol. The molecule has 2 aromatic carbocycles. The maximum Gasteiger partial charge on any atom is 0.125 e. The molecule has 0 radical (unpaired) electrons. The minimum absolute atomic E-state index is 0.0183. The van der Waals surface area contributed by atoms with Crippen LogP contribution in [-0.2, 0) is 0 Å². The Bertz CT molecular complexity index is 596. The number of halogens is 1. The van der Waals surface area contributed by atoms with Crippen LogP contribution in [0.1, 0.15) is 24.0 Å². The molecular weight excluding hydrogens is 251 g/mol. The molecule has 2 aromatic rings. The first kappa shape index (κ1) is 14.1. The Hall–Kier alpha value is -2.34. The lowest BCUT2D eigenvalue weighted by Gasteiger charge is -2.20. The van der Waals surface area contributed by atoms with Gasteiger partial charge in [-0.2, -0.15) is 5.26 Å². The number of hydrogen-bond donors (Lipinski definition) is 1. The summed E-state index contributed by atoms with van der Waals surface area (Å²) in [6, 6.07) is 16.4. The van der Waals surface area contributed by atoms with Crippen molar-refractivity contribution in [2.24, 2.45) is 0 Å². The molecule has 102 valence electrons. The zero-order chi connectivity index (χ0) is 14.5. The fraction of sp³-hybridized carbons (Fsp3) is 0.235. The maximum atomic E-state index is 13.4. The molecule has 0 fully saturated rings. The van der Waals surface area contributed by atoms with Gasteiger partial charge in [0.2, 0.25) is 0 Å². The number of anilines is 1. The van der Waals surface area contributed by atoms with Crippen molar-refractivity contribution >= 4 is 5.69 Å². The molecule has 20 heavy (non-hydrogen) atoms. The first-order valence-corrected chi connectivity index (χ1v) is 6.58. The second-order valence-corrected chi connectivity index (χ2v) is 4.97. The van der Waals surface area contributed by atoms with Gasteiger partial charge in [-0.15, -0.1) is 0 Å². The van der Waals surface area contributed by atoms with E-state index in [4.69, 9.17) is 0 Å². The van der Waals surface area contributed by atoms with Gasteiger partial charge in [-0.25, -0.2) is 4.39 Å². The maximum absolute atomic E-state index is 13.4. The zero-order valence-corrected chi connectivity index (χ0v) is 11.6. The van der Waals surface area contributed by atoms with E-state index in [1.165, 1.54) is 12.1 Å². The number of aryl methyl sites for hydroxylation is 1. The minimum Gasteiger partial charge on any atom is -0.369 e. The van der Waals surface area contributed by atoms with Gasteiger partial charge >= 0.3 is 0 Å². The summed E-state index contributed by atoms with van der Waals surface area (Å²) in [5.74, 6) is -0.277. The Morgan fingerprint density at radius 3 is 2.45 bits per heavy atom. The molecule has 2 unspecified atom stereocenters. The number of nitrogens with zero attached hydrogens (tertiary/aromatic N) is 1. The van der Waals surface area contributed by atoms with E-state index in [1.807, 2.05) is 50.2 Å². The number of nitriles is 1. The van der Waals surface area contributed by atoms with E-state index in [-0.39, 0.29) is 11.7 Å². The van der Waals surface area contributed by atoms with Crippen molar-refractivity contribution in [1.29, 1.82) is 5.26 Å². The summed E-state index contributed by atoms with van der Waals surface area (Å²) in [4.78, 5) is 0. The van der Waals surface area contributed by atoms with Crippen LogP contribution in [0.2, 0.25) is 0 Å². The highest BCUT2D eigenvalue weighted by molar-refractivity contribution is 5.49. The van der Waals surface area contributed by atoms with Crippen molar-refractivity contribution in [3.63, 3.8) is 0 Å². The van der Waals surface area contributed by atoms with Gasteiger partial charge < -0.3 is 5.32 Å². The minimum atomic E-state index is -0.404. The van der Waals surface area contributed by atoms with Gasteiger partial charge in [-0.3, -0.25) is 0 Å². The molecule has 0 aliphatic heterocycles. The molecule has 0 bridgehead atoms. The molecule has 0 spiro atoms. The van der Waals surface area contributed by atoms with Crippen molar-refractivity contribution in [1.82, 2.24) is 0 Å². The highest BCUT2D eigenvalue weighted by Gasteiger charge is 2.18. The summed E-state index contributed by atoms with van der Waals surface area (Å²) in [6.07, 6.45) is 0. The molecule has 0 aliphatic carbocycles. The van der Waals surface area contributed by atoms with Crippen LogP contribution in [0.25, 0.3) is 0 Å². The van der Waals surface area contributed by atoms with Crippen molar-refractivity contribution in [3.8, 4) is 6.07 Å². The van der Waals surface area contributed by atoms with E-state index >= 15 is 0 Å². The summed E-state index contributed by atoms with van der Waals surface area (Å²) in [5.41, 5.74) is 2.55. The van der Waals surface area contributed by atoms with Crippen LogP contribution < -0.4 is 5.32 Å². The standard InChI is InChI=1S/C17H17FN2/c1-12-8-15(18)10-16(9-12)20-17(11-19)13(2)14-6-4-3-5-7-14/h3-10,13,17,20H,1-2H3. The predicted molar refractivity (Wildman–Crippen MR) is 79.0 cm³/mol. The van der Waals surface area contributed by atoms with Crippen LogP contribution in [0, 0.1) is 24.1 Å². The molecule has 0 saturated carbocycles. The SMILES string of the molecule is Cc1cc(F)cc(NC(C#N)C(C)c2ccccc2)c1. The fourth-order valence-corrected chi connectivity index (χ4v) is 2.22. The third kappa shape index (κ3) is 3.36. The number of rotatable bonds is 4. The van der Waals surface area contributed by atoms with Crippen LogP contribution in [0.3, 0.4) is 0 Å². The molecule has 2 rings (SSSR count). The van der Waals surface area contributed by atoms with Crippen LogP contribution in [0.4, 0.5) is 10.1 Å². The number of nitrogens with one attached hydrogen (secondary N) is 1. The average Bonchev–Trinajstić information content (AvgIpc) is 2.44. The van der Waals surface area contributed by atoms with Crippen molar-refractivity contribution < 1.29 is 4.39 Å². The Morgan fingerprint density at radius 2 is 1.85 bits per heavy atom. The molecule has 0 amide bonds. The Balaban J connectivity index is 2.19. The molecule has 0 aromatic heterocycles. The summed E-state index contributed by atoms with van der Waals surface area (Å²) in [5, 5.41) is 12.5.